The van der Waals surface area contributed by atoms with E-state index in [1.807, 2.05) is 0 Å². The molecule has 5 saturated heterocycles. The molecule has 5 aliphatic heterocycles. The summed E-state index contributed by atoms with van der Waals surface area (Å²) in [5.41, 5.74) is -2.27. The van der Waals surface area contributed by atoms with E-state index >= 15 is 0 Å². The minimum atomic E-state index is -2.14. The molecule has 2 bridgehead atoms. The van der Waals surface area contributed by atoms with E-state index in [0.717, 1.165) is 44.9 Å². The highest BCUT2D eigenvalue weighted by Crippen LogP contribution is 2.80. The number of carboxylic acids is 1. The minimum absolute atomic E-state index is 0.0408. The predicted molar refractivity (Wildman–Crippen MR) is 260 cm³/mol. The van der Waals surface area contributed by atoms with E-state index in [1.54, 1.807) is 0 Å². The number of ketones is 1. The monoisotopic (exact) mass is 1100 g/mol. The molecule has 5 heterocycles. The Labute approximate surface area is 448 Å². The van der Waals surface area contributed by atoms with Gasteiger partial charge in [-0.2, -0.15) is 0 Å². The maximum Gasteiger partial charge on any atom is 0.335 e. The number of aliphatic hydroxyl groups excluding tert-OH is 11. The highest BCUT2D eigenvalue weighted by Gasteiger charge is 2.80. The molecule has 0 radical (unpaired) electrons. The lowest BCUT2D eigenvalue weighted by Gasteiger charge is -2.74. The Morgan fingerprint density at radius 3 is 1.81 bits per heavy atom. The molecule has 5 aliphatic carbocycles. The molecule has 23 nitrogen and oxygen atoms in total. The van der Waals surface area contributed by atoms with Crippen LogP contribution in [0, 0.1) is 50.2 Å². The van der Waals surface area contributed by atoms with Gasteiger partial charge in [0.25, 0.3) is 0 Å². The van der Waals surface area contributed by atoms with Gasteiger partial charge in [0.05, 0.1) is 43.0 Å². The number of carbonyl (C=O) groups excluding carboxylic acids is 1. The fraction of sp³-hybridized carbons (Fsp3) is 0.963. The standard InChI is InChI=1S/C54H86O23/c1-22-30(58)33(61)35(63)44(70-22)76-41-37(65)40(75-46-38(66)39(32(60)24(20-56)72-46)74-45-36(64)34(62)31(59)23(19-55)71-45)42(43(67)68)77-47(41)73-29-11-12-50(6)25(49(29,4)5)9-13-51(7)26(50)10-14-54-27-17-48(2,3)15-16-53(27,21-69-54)28(57)18-52(51,54)8/h22-27,29-42,44-47,55-56,58-66H,9-21H2,1-8H3,(H,67,68). The third-order valence-electron chi connectivity index (χ3n) is 22.3. The topological polar surface area (TPSA) is 360 Å². The summed E-state index contributed by atoms with van der Waals surface area (Å²) in [6.07, 6.45) is -29.4. The van der Waals surface area contributed by atoms with E-state index < -0.39 is 170 Å². The lowest BCUT2D eigenvalue weighted by molar-refractivity contribution is -0.396. The van der Waals surface area contributed by atoms with Crippen LogP contribution < -0.4 is 0 Å². The normalized spacial score (nSPS) is 56.1. The van der Waals surface area contributed by atoms with E-state index in [1.165, 1.54) is 6.92 Å². The van der Waals surface area contributed by atoms with Crippen LogP contribution in [0.15, 0.2) is 0 Å². The summed E-state index contributed by atoms with van der Waals surface area (Å²) >= 11 is 0. The summed E-state index contributed by atoms with van der Waals surface area (Å²) in [5, 5.41) is 130. The molecule has 77 heavy (non-hydrogen) atoms. The number of aliphatic hydroxyl groups is 11. The van der Waals surface area contributed by atoms with Crippen LogP contribution in [0.2, 0.25) is 0 Å². The van der Waals surface area contributed by atoms with Gasteiger partial charge in [-0.1, -0.05) is 48.5 Å². The SMILES string of the molecule is CC1OC(OC2C(OC3CCC4(C)C(CCC5(C)C4CCC46OCC7(CCC(C)(C)CC74)C(=O)CC56C)C3(C)C)OC(C(=O)O)C(OC3OC(CO)C(O)C(OC4OC(CO)C(O)C(O)C4O)C3O)C2O)C(O)C(O)C1O. The molecule has 10 aliphatic rings. The fourth-order valence-corrected chi connectivity index (χ4v) is 17.7. The molecule has 29 atom stereocenters. The highest BCUT2D eigenvalue weighted by molar-refractivity contribution is 5.88. The van der Waals surface area contributed by atoms with E-state index in [0.29, 0.717) is 31.7 Å². The number of hydrogen-bond donors (Lipinski definition) is 12. The number of rotatable bonds is 11. The second-order valence-electron chi connectivity index (χ2n) is 26.9. The molecule has 0 aromatic heterocycles. The number of carbonyl (C=O) groups is 2. The summed E-state index contributed by atoms with van der Waals surface area (Å²) in [4.78, 5) is 28.0. The summed E-state index contributed by atoms with van der Waals surface area (Å²) in [6, 6.07) is 0. The highest BCUT2D eigenvalue weighted by atomic mass is 16.8. The third-order valence-corrected chi connectivity index (χ3v) is 22.3. The smallest absolute Gasteiger partial charge is 0.335 e. The molecular formula is C54H86O23. The lowest BCUT2D eigenvalue weighted by atomic mass is 9.30. The zero-order chi connectivity index (χ0) is 56.1. The van der Waals surface area contributed by atoms with Crippen LogP contribution in [0.3, 0.4) is 0 Å². The Balaban J connectivity index is 0.918. The Kier molecular flexibility index (Phi) is 15.4. The molecule has 0 aromatic carbocycles. The maximum absolute atomic E-state index is 14.7. The average molecular weight is 1100 g/mol. The second kappa shape index (κ2) is 20.3. The largest absolute Gasteiger partial charge is 0.479 e. The van der Waals surface area contributed by atoms with Crippen LogP contribution in [0.4, 0.5) is 0 Å². The van der Waals surface area contributed by atoms with Crippen molar-refractivity contribution in [1.82, 2.24) is 0 Å². The van der Waals surface area contributed by atoms with Crippen molar-refractivity contribution in [3.8, 4) is 0 Å². The summed E-state index contributed by atoms with van der Waals surface area (Å²) in [6.45, 7) is 16.1. The fourth-order valence-electron chi connectivity index (χ4n) is 17.7. The van der Waals surface area contributed by atoms with Crippen molar-refractivity contribution in [3.63, 3.8) is 0 Å². The summed E-state index contributed by atoms with van der Waals surface area (Å²) in [5.74, 6) is -0.908. The molecular weight excluding hydrogens is 1020 g/mol. The molecule has 12 N–H and O–H groups in total. The first-order chi connectivity index (χ1) is 36.0. The van der Waals surface area contributed by atoms with Crippen LogP contribution in [0.25, 0.3) is 0 Å². The van der Waals surface area contributed by atoms with Gasteiger partial charge < -0.3 is 104 Å². The van der Waals surface area contributed by atoms with Gasteiger partial charge in [-0.3, -0.25) is 4.79 Å². The molecule has 440 valence electrons. The van der Waals surface area contributed by atoms with Gasteiger partial charge in [0, 0.05) is 17.8 Å². The predicted octanol–water partition coefficient (Wildman–Crippen LogP) is -1.02. The zero-order valence-corrected chi connectivity index (χ0v) is 45.4. The third kappa shape index (κ3) is 8.79. The first kappa shape index (κ1) is 58.5. The first-order valence-electron chi connectivity index (χ1n) is 28.0. The molecule has 0 amide bonds. The molecule has 29 unspecified atom stereocenters. The molecule has 5 saturated carbocycles. The van der Waals surface area contributed by atoms with Crippen molar-refractivity contribution >= 4 is 11.8 Å². The van der Waals surface area contributed by atoms with Crippen molar-refractivity contribution in [1.29, 1.82) is 0 Å². The van der Waals surface area contributed by atoms with Crippen LogP contribution in [-0.2, 0) is 52.2 Å². The molecule has 0 aromatic rings. The van der Waals surface area contributed by atoms with Crippen molar-refractivity contribution in [3.05, 3.63) is 0 Å². The van der Waals surface area contributed by atoms with E-state index in [-0.39, 0.29) is 34.0 Å². The van der Waals surface area contributed by atoms with Crippen LogP contribution in [0.1, 0.15) is 120 Å². The first-order valence-corrected chi connectivity index (χ1v) is 28.0. The van der Waals surface area contributed by atoms with Crippen molar-refractivity contribution < 1.29 is 113 Å². The summed E-state index contributed by atoms with van der Waals surface area (Å²) < 4.78 is 55.3. The Morgan fingerprint density at radius 2 is 1.16 bits per heavy atom. The van der Waals surface area contributed by atoms with Crippen LogP contribution in [0.5, 0.6) is 0 Å². The van der Waals surface area contributed by atoms with Gasteiger partial charge in [0.2, 0.25) is 0 Å². The van der Waals surface area contributed by atoms with Crippen molar-refractivity contribution in [2.75, 3.05) is 19.8 Å². The number of hydrogen-bond acceptors (Lipinski definition) is 22. The Hall–Kier alpha value is -1.66. The lowest BCUT2D eigenvalue weighted by Crippen LogP contribution is -2.73. The number of aliphatic carboxylic acids is 1. The number of fused-ring (bicyclic) bond motifs is 4. The van der Waals surface area contributed by atoms with Crippen LogP contribution >= 0.6 is 0 Å². The minimum Gasteiger partial charge on any atom is -0.479 e. The van der Waals surface area contributed by atoms with Gasteiger partial charge in [-0.05, 0) is 98.2 Å². The van der Waals surface area contributed by atoms with Gasteiger partial charge in [-0.15, -0.1) is 0 Å². The van der Waals surface area contributed by atoms with Crippen LogP contribution in [-0.4, -0.2) is 227 Å². The van der Waals surface area contributed by atoms with Gasteiger partial charge in [0.1, 0.15) is 91.2 Å². The molecule has 10 rings (SSSR count). The Bertz CT molecular complexity index is 2180. The van der Waals surface area contributed by atoms with E-state index in [2.05, 4.69) is 48.5 Å². The van der Waals surface area contributed by atoms with Crippen molar-refractivity contribution in [2.24, 2.45) is 50.2 Å². The number of ether oxygens (including phenoxy) is 9. The molecule has 23 heteroatoms. The number of carboxylic acid groups (broad SMARTS) is 1. The quantitative estimate of drug-likeness (QED) is 0.110. The molecule has 1 spiro atoms. The average Bonchev–Trinajstić information content (AvgIpc) is 3.88. The Morgan fingerprint density at radius 1 is 0.571 bits per heavy atom. The number of Topliss-reactive ketones (excluding diaryl/α,β-unsaturated/α-hetero) is 1. The van der Waals surface area contributed by atoms with E-state index in [4.69, 9.17) is 42.6 Å². The summed E-state index contributed by atoms with van der Waals surface area (Å²) in [7, 11) is 0. The van der Waals surface area contributed by atoms with Gasteiger partial charge >= 0.3 is 5.97 Å². The van der Waals surface area contributed by atoms with Crippen molar-refractivity contribution in [2.45, 2.75) is 254 Å². The zero-order valence-electron chi connectivity index (χ0n) is 45.4. The maximum atomic E-state index is 14.7. The second-order valence-corrected chi connectivity index (χ2v) is 26.9. The molecule has 10 fully saturated rings. The van der Waals surface area contributed by atoms with Gasteiger partial charge in [-0.25, -0.2) is 4.79 Å². The van der Waals surface area contributed by atoms with E-state index in [9.17, 15) is 70.9 Å². The van der Waals surface area contributed by atoms with Gasteiger partial charge in [0.15, 0.2) is 31.3 Å².